The van der Waals surface area contributed by atoms with Crippen LogP contribution >= 0.6 is 0 Å². The molecule has 2 unspecified atom stereocenters. The molecule has 0 bridgehead atoms. The van der Waals surface area contributed by atoms with Crippen LogP contribution in [0.3, 0.4) is 0 Å². The van der Waals surface area contributed by atoms with Gasteiger partial charge in [-0.1, -0.05) is 41.5 Å². The maximum atomic E-state index is 11.3. The van der Waals surface area contributed by atoms with Gasteiger partial charge in [-0.25, -0.2) is 4.79 Å². The van der Waals surface area contributed by atoms with Gasteiger partial charge in [0.15, 0.2) is 0 Å². The van der Waals surface area contributed by atoms with Crippen molar-refractivity contribution in [2.24, 2.45) is 10.8 Å². The molecule has 0 N–H and O–H groups in total. The summed E-state index contributed by atoms with van der Waals surface area (Å²) in [7, 11) is 4.02. The molecule has 21 heavy (non-hydrogen) atoms. The van der Waals surface area contributed by atoms with Crippen molar-refractivity contribution in [3.63, 3.8) is 0 Å². The van der Waals surface area contributed by atoms with E-state index >= 15 is 0 Å². The van der Waals surface area contributed by atoms with E-state index in [4.69, 9.17) is 4.74 Å². The van der Waals surface area contributed by atoms with E-state index < -0.39 is 5.60 Å². The largest absolute Gasteiger partial charge is 0.444 e. The Morgan fingerprint density at radius 2 is 1.67 bits per heavy atom. The molecule has 1 aliphatic heterocycles. The van der Waals surface area contributed by atoms with Crippen LogP contribution in [0.1, 0.15) is 61.3 Å². The first-order valence-corrected chi connectivity index (χ1v) is 7.80. The fourth-order valence-corrected chi connectivity index (χ4v) is 3.16. The van der Waals surface area contributed by atoms with Crippen molar-refractivity contribution in [1.82, 2.24) is 4.90 Å². The summed E-state index contributed by atoms with van der Waals surface area (Å²) in [5, 5.41) is 0. The fourth-order valence-electron chi connectivity index (χ4n) is 3.16. The van der Waals surface area contributed by atoms with E-state index in [1.54, 1.807) is 0 Å². The average Bonchev–Trinajstić information content (AvgIpc) is 2.95. The lowest BCUT2D eigenvalue weighted by molar-refractivity contribution is -0.118. The molecule has 0 spiro atoms. The van der Waals surface area contributed by atoms with Crippen molar-refractivity contribution < 1.29 is 14.3 Å². The fraction of sp³-hybridized carbons (Fsp3) is 0.882. The van der Waals surface area contributed by atoms with Crippen LogP contribution in [-0.4, -0.2) is 42.9 Å². The predicted octanol–water partition coefficient (Wildman–Crippen LogP) is 3.29. The summed E-state index contributed by atoms with van der Waals surface area (Å²) in [5.74, 6) is -0.121. The number of carbonyl (C=O) groups is 2. The highest BCUT2D eigenvalue weighted by Crippen LogP contribution is 2.43. The molecule has 0 saturated carbocycles. The van der Waals surface area contributed by atoms with E-state index in [2.05, 4.69) is 18.7 Å². The number of rotatable bonds is 7. The van der Waals surface area contributed by atoms with Gasteiger partial charge in [-0.05, 0) is 32.9 Å². The second kappa shape index (κ2) is 6.91. The van der Waals surface area contributed by atoms with Crippen molar-refractivity contribution in [1.29, 1.82) is 0 Å². The van der Waals surface area contributed by atoms with Crippen LogP contribution < -0.4 is 0 Å². The van der Waals surface area contributed by atoms with E-state index in [0.717, 1.165) is 12.7 Å². The Bertz CT molecular complexity index is 374. The highest BCUT2D eigenvalue weighted by molar-refractivity contribution is 5.92. The van der Waals surface area contributed by atoms with Gasteiger partial charge in [-0.3, -0.25) is 0 Å². The Labute approximate surface area is 130 Å². The molecule has 1 aliphatic rings. The minimum Gasteiger partial charge on any atom is -0.444 e. The van der Waals surface area contributed by atoms with Crippen LogP contribution in [0.25, 0.3) is 0 Å². The van der Waals surface area contributed by atoms with Crippen LogP contribution in [0.15, 0.2) is 0 Å². The molecule has 0 aliphatic carbocycles. The number of aldehydes is 1. The normalized spacial score (nSPS) is 23.0. The van der Waals surface area contributed by atoms with Gasteiger partial charge in [0.05, 0.1) is 0 Å². The van der Waals surface area contributed by atoms with E-state index in [-0.39, 0.29) is 22.8 Å². The van der Waals surface area contributed by atoms with E-state index in [1.807, 2.05) is 48.7 Å². The number of hydrogen-bond donors (Lipinski definition) is 0. The van der Waals surface area contributed by atoms with Crippen molar-refractivity contribution in [3.8, 4) is 0 Å². The molecule has 0 aromatic heterocycles. The first-order chi connectivity index (χ1) is 9.43. The van der Waals surface area contributed by atoms with Gasteiger partial charge >= 0.3 is 5.97 Å². The highest BCUT2D eigenvalue weighted by Gasteiger charge is 2.56. The van der Waals surface area contributed by atoms with Gasteiger partial charge < -0.3 is 14.4 Å². The van der Waals surface area contributed by atoms with Gasteiger partial charge in [0.2, 0.25) is 5.60 Å². The highest BCUT2D eigenvalue weighted by atomic mass is 16.7. The maximum absolute atomic E-state index is 11.3. The third kappa shape index (κ3) is 5.42. The van der Waals surface area contributed by atoms with Crippen molar-refractivity contribution in [3.05, 3.63) is 0 Å². The Morgan fingerprint density at radius 3 is 1.95 bits per heavy atom. The Hall–Kier alpha value is -0.900. The van der Waals surface area contributed by atoms with Gasteiger partial charge in [0, 0.05) is 17.9 Å². The van der Waals surface area contributed by atoms with Crippen LogP contribution in [-0.2, 0) is 14.3 Å². The Kier molecular flexibility index (Phi) is 6.61. The summed E-state index contributed by atoms with van der Waals surface area (Å²) in [6, 6.07) is 0.183. The van der Waals surface area contributed by atoms with Crippen LogP contribution in [0.2, 0.25) is 0 Å². The zero-order valence-corrected chi connectivity index (χ0v) is 15.2. The Morgan fingerprint density at radius 1 is 1.24 bits per heavy atom. The number of carbonyl (C=O) groups excluding carboxylic acids is 2. The molecule has 1 fully saturated rings. The first kappa shape index (κ1) is 20.1. The summed E-state index contributed by atoms with van der Waals surface area (Å²) in [6.07, 6.45) is 2.46. The Balaban J connectivity index is 0.00000191. The molecular formula is C17H33NO3. The van der Waals surface area contributed by atoms with Crippen LogP contribution in [0.4, 0.5) is 0 Å². The minimum atomic E-state index is -0.627. The lowest BCUT2D eigenvalue weighted by Crippen LogP contribution is -2.46. The van der Waals surface area contributed by atoms with Crippen LogP contribution in [0, 0.1) is 10.8 Å². The van der Waals surface area contributed by atoms with Gasteiger partial charge in [0.1, 0.15) is 6.29 Å². The number of cyclic esters (lactones) is 1. The lowest BCUT2D eigenvalue weighted by Gasteiger charge is -2.42. The van der Waals surface area contributed by atoms with Crippen molar-refractivity contribution in [2.45, 2.75) is 73.0 Å². The molecule has 1 rings (SSSR count). The second-order valence-corrected chi connectivity index (χ2v) is 7.58. The lowest BCUT2D eigenvalue weighted by atomic mass is 9.69. The summed E-state index contributed by atoms with van der Waals surface area (Å²) in [5.41, 5.74) is -1.06. The number of ether oxygens (including phenoxy) is 1. The number of nitrogens with zero attached hydrogens (tertiary/aromatic N) is 1. The van der Waals surface area contributed by atoms with Crippen molar-refractivity contribution in [2.75, 3.05) is 14.1 Å². The van der Waals surface area contributed by atoms with Gasteiger partial charge in [-0.15, -0.1) is 0 Å². The number of hydrogen-bond acceptors (Lipinski definition) is 4. The third-order valence-corrected chi connectivity index (χ3v) is 4.05. The van der Waals surface area contributed by atoms with Crippen LogP contribution in [0.5, 0.6) is 0 Å². The molecule has 1 heterocycles. The van der Waals surface area contributed by atoms with E-state index in [9.17, 15) is 9.59 Å². The molecule has 4 nitrogen and oxygen atoms in total. The molecule has 0 aromatic carbocycles. The molecule has 124 valence electrons. The zero-order chi connectivity index (χ0) is 17.1. The molecule has 4 heteroatoms. The molecule has 2 atom stereocenters. The van der Waals surface area contributed by atoms with Crippen molar-refractivity contribution >= 4 is 12.3 Å². The smallest absolute Gasteiger partial charge is 0.351 e. The summed E-state index contributed by atoms with van der Waals surface area (Å²) >= 11 is 0. The number of epoxide rings is 1. The summed E-state index contributed by atoms with van der Waals surface area (Å²) in [4.78, 5) is 24.6. The SMILES string of the molecule is CC.CN(C)C(CC1(C)OC1=O)C(C)(C)CC(C)(C)C=O. The molecule has 0 amide bonds. The quantitative estimate of drug-likeness (QED) is 0.534. The average molecular weight is 299 g/mol. The van der Waals surface area contributed by atoms with E-state index in [1.165, 1.54) is 0 Å². The monoisotopic (exact) mass is 299 g/mol. The summed E-state index contributed by atoms with van der Waals surface area (Å²) in [6.45, 7) is 14.1. The second-order valence-electron chi connectivity index (χ2n) is 7.58. The van der Waals surface area contributed by atoms with Gasteiger partial charge in [-0.2, -0.15) is 0 Å². The molecule has 0 radical (unpaired) electrons. The first-order valence-electron chi connectivity index (χ1n) is 7.80. The summed E-state index contributed by atoms with van der Waals surface area (Å²) < 4.78 is 5.10. The zero-order valence-electron chi connectivity index (χ0n) is 15.2. The molecule has 0 aromatic rings. The minimum absolute atomic E-state index is 0.0802. The third-order valence-electron chi connectivity index (χ3n) is 4.05. The molecule has 1 saturated heterocycles. The molecular weight excluding hydrogens is 266 g/mol. The standard InChI is InChI=1S/C15H27NO3.C2H6/c1-13(2,10-17)9-14(3,4)11(16(6)7)8-15(5)12(18)19-15;1-2/h10-11H,8-9H2,1-7H3;1-2H3. The topological polar surface area (TPSA) is 49.9 Å². The maximum Gasteiger partial charge on any atom is 0.351 e. The van der Waals surface area contributed by atoms with E-state index in [0.29, 0.717) is 6.42 Å². The van der Waals surface area contributed by atoms with Gasteiger partial charge in [0.25, 0.3) is 0 Å². The predicted molar refractivity (Wildman–Crippen MR) is 86.2 cm³/mol.